The molecule has 6 nitrogen and oxygen atoms in total. The monoisotopic (exact) mass is 279 g/mol. The van der Waals surface area contributed by atoms with Crippen LogP contribution < -0.4 is 0 Å². The normalized spacial score (nSPS) is 12.1. The fourth-order valence-electron chi connectivity index (χ4n) is 1.45. The Hall–Kier alpha value is -2.02. The highest BCUT2D eigenvalue weighted by Crippen LogP contribution is 2.05. The van der Waals surface area contributed by atoms with Crippen LogP contribution in [-0.2, 0) is 22.1 Å². The van der Waals surface area contributed by atoms with E-state index in [9.17, 15) is 9.00 Å². The first-order valence-electron chi connectivity index (χ1n) is 5.62. The summed E-state index contributed by atoms with van der Waals surface area (Å²) in [5.41, 5.74) is 0. The molecule has 0 N–H and O–H groups in total. The molecule has 0 aliphatic rings. The number of nitrogens with zero attached hydrogens (tertiary/aromatic N) is 3. The van der Waals surface area contributed by atoms with Gasteiger partial charge in [0.15, 0.2) is 0 Å². The molecule has 2 rings (SSSR count). The van der Waals surface area contributed by atoms with Crippen molar-refractivity contribution in [2.24, 2.45) is 0 Å². The van der Waals surface area contributed by atoms with Crippen LogP contribution in [0.4, 0.5) is 0 Å². The molecule has 0 saturated heterocycles. The van der Waals surface area contributed by atoms with Crippen molar-refractivity contribution in [3.05, 3.63) is 42.5 Å². The smallest absolute Gasteiger partial charge is 0.377 e. The van der Waals surface area contributed by atoms with Gasteiger partial charge in [-0.1, -0.05) is 18.2 Å². The van der Waals surface area contributed by atoms with Gasteiger partial charge in [-0.2, -0.15) is 0 Å². The van der Waals surface area contributed by atoms with Gasteiger partial charge in [-0.15, -0.1) is 5.10 Å². The minimum atomic E-state index is -1.09. The van der Waals surface area contributed by atoms with Crippen LogP contribution >= 0.6 is 0 Å². The SMILES string of the molecule is COC(=O)c1ncn(CCS(=O)c2ccccc2)n1. The summed E-state index contributed by atoms with van der Waals surface area (Å²) in [4.78, 5) is 15.8. The highest BCUT2D eigenvalue weighted by atomic mass is 32.2. The summed E-state index contributed by atoms with van der Waals surface area (Å²) in [7, 11) is 0.179. The summed E-state index contributed by atoms with van der Waals surface area (Å²) in [6.45, 7) is 0.422. The van der Waals surface area contributed by atoms with E-state index in [1.807, 2.05) is 30.3 Å². The van der Waals surface area contributed by atoms with E-state index in [1.165, 1.54) is 18.1 Å². The van der Waals surface area contributed by atoms with Crippen LogP contribution in [0.1, 0.15) is 10.6 Å². The van der Waals surface area contributed by atoms with Gasteiger partial charge in [-0.05, 0) is 12.1 Å². The number of rotatable bonds is 5. The fourth-order valence-corrected chi connectivity index (χ4v) is 2.50. The molecule has 0 saturated carbocycles. The molecule has 1 unspecified atom stereocenters. The minimum absolute atomic E-state index is 0.00740. The third-order valence-corrected chi connectivity index (χ3v) is 3.77. The van der Waals surface area contributed by atoms with Crippen molar-refractivity contribution in [2.75, 3.05) is 12.9 Å². The number of esters is 1. The first kappa shape index (κ1) is 13.4. The van der Waals surface area contributed by atoms with Crippen LogP contribution in [0.15, 0.2) is 41.6 Å². The van der Waals surface area contributed by atoms with Gasteiger partial charge in [-0.25, -0.2) is 9.78 Å². The molecule has 1 atom stereocenters. The number of hydrogen-bond acceptors (Lipinski definition) is 5. The summed E-state index contributed by atoms with van der Waals surface area (Å²) in [5.74, 6) is -0.163. The van der Waals surface area contributed by atoms with Crippen LogP contribution in [0.3, 0.4) is 0 Å². The van der Waals surface area contributed by atoms with Crippen molar-refractivity contribution in [2.45, 2.75) is 11.4 Å². The molecule has 100 valence electrons. The topological polar surface area (TPSA) is 74.1 Å². The molecule has 0 radical (unpaired) electrons. The lowest BCUT2D eigenvalue weighted by atomic mass is 10.4. The number of carbonyl (C=O) groups is 1. The Morgan fingerprint density at radius 1 is 1.37 bits per heavy atom. The van der Waals surface area contributed by atoms with E-state index in [2.05, 4.69) is 14.8 Å². The Balaban J connectivity index is 1.94. The molecule has 1 heterocycles. The van der Waals surface area contributed by atoms with Gasteiger partial charge in [0.2, 0.25) is 0 Å². The third kappa shape index (κ3) is 3.47. The molecule has 0 fully saturated rings. The van der Waals surface area contributed by atoms with Gasteiger partial charge in [0.1, 0.15) is 6.33 Å². The second-order valence-corrected chi connectivity index (χ2v) is 5.26. The molecular weight excluding hydrogens is 266 g/mol. The van der Waals surface area contributed by atoms with E-state index < -0.39 is 16.8 Å². The summed E-state index contributed by atoms with van der Waals surface area (Å²) < 4.78 is 18.0. The van der Waals surface area contributed by atoms with Crippen molar-refractivity contribution >= 4 is 16.8 Å². The van der Waals surface area contributed by atoms with Gasteiger partial charge in [0.25, 0.3) is 5.82 Å². The molecular formula is C12H13N3O3S. The summed E-state index contributed by atoms with van der Waals surface area (Å²) in [6, 6.07) is 9.20. The number of aromatic nitrogens is 3. The molecule has 0 amide bonds. The van der Waals surface area contributed by atoms with Crippen LogP contribution in [0.2, 0.25) is 0 Å². The Morgan fingerprint density at radius 3 is 2.79 bits per heavy atom. The molecule has 0 aliphatic heterocycles. The van der Waals surface area contributed by atoms with E-state index in [4.69, 9.17) is 0 Å². The summed E-state index contributed by atoms with van der Waals surface area (Å²) in [5, 5.41) is 3.94. The highest BCUT2D eigenvalue weighted by Gasteiger charge is 2.11. The molecule has 19 heavy (non-hydrogen) atoms. The Labute approximate surface area is 112 Å². The highest BCUT2D eigenvalue weighted by molar-refractivity contribution is 7.85. The van der Waals surface area contributed by atoms with E-state index in [0.29, 0.717) is 12.3 Å². The maximum absolute atomic E-state index is 12.0. The van der Waals surface area contributed by atoms with E-state index in [1.54, 1.807) is 0 Å². The predicted octanol–water partition coefficient (Wildman–Crippen LogP) is 0.873. The zero-order chi connectivity index (χ0) is 13.7. The molecule has 2 aromatic rings. The number of carbonyl (C=O) groups excluding carboxylic acids is 1. The van der Waals surface area contributed by atoms with Gasteiger partial charge in [0.05, 0.1) is 24.5 Å². The van der Waals surface area contributed by atoms with Crippen LogP contribution in [0.25, 0.3) is 0 Å². The van der Waals surface area contributed by atoms with Crippen molar-refractivity contribution in [1.29, 1.82) is 0 Å². The van der Waals surface area contributed by atoms with Gasteiger partial charge >= 0.3 is 5.97 Å². The zero-order valence-electron chi connectivity index (χ0n) is 10.4. The van der Waals surface area contributed by atoms with Crippen LogP contribution in [-0.4, -0.2) is 37.8 Å². The molecule has 1 aromatic carbocycles. The first-order valence-corrected chi connectivity index (χ1v) is 6.94. The maximum atomic E-state index is 12.0. The van der Waals surface area contributed by atoms with Gasteiger partial charge < -0.3 is 4.74 Å². The van der Waals surface area contributed by atoms with E-state index in [-0.39, 0.29) is 5.82 Å². The number of hydrogen-bond donors (Lipinski definition) is 0. The average molecular weight is 279 g/mol. The molecule has 0 aliphatic carbocycles. The van der Waals surface area contributed by atoms with Crippen molar-refractivity contribution in [1.82, 2.24) is 14.8 Å². The van der Waals surface area contributed by atoms with Crippen molar-refractivity contribution < 1.29 is 13.7 Å². The second kappa shape index (κ2) is 6.24. The van der Waals surface area contributed by atoms with Crippen LogP contribution in [0, 0.1) is 0 Å². The van der Waals surface area contributed by atoms with Crippen LogP contribution in [0.5, 0.6) is 0 Å². The third-order valence-electron chi connectivity index (χ3n) is 2.42. The van der Waals surface area contributed by atoms with Gasteiger partial charge in [0, 0.05) is 10.6 Å². The number of aryl methyl sites for hydroxylation is 1. The minimum Gasteiger partial charge on any atom is -0.463 e. The molecule has 0 spiro atoms. The number of methoxy groups -OCH3 is 1. The standard InChI is InChI=1S/C12H13N3O3S/c1-18-12(16)11-13-9-15(14-11)7-8-19(17)10-5-3-2-4-6-10/h2-6,9H,7-8H2,1H3. The quantitative estimate of drug-likeness (QED) is 0.759. The lowest BCUT2D eigenvalue weighted by Crippen LogP contribution is -2.10. The predicted molar refractivity (Wildman–Crippen MR) is 69.1 cm³/mol. The zero-order valence-corrected chi connectivity index (χ0v) is 11.2. The van der Waals surface area contributed by atoms with E-state index >= 15 is 0 Å². The Kier molecular flexibility index (Phi) is 4.40. The second-order valence-electron chi connectivity index (χ2n) is 3.69. The summed E-state index contributed by atoms with van der Waals surface area (Å²) >= 11 is 0. The van der Waals surface area contributed by atoms with Crippen molar-refractivity contribution in [3.8, 4) is 0 Å². The maximum Gasteiger partial charge on any atom is 0.377 e. The Morgan fingerprint density at radius 2 is 2.11 bits per heavy atom. The fraction of sp³-hybridized carbons (Fsp3) is 0.250. The van der Waals surface area contributed by atoms with Crippen molar-refractivity contribution in [3.63, 3.8) is 0 Å². The number of benzene rings is 1. The van der Waals surface area contributed by atoms with Gasteiger partial charge in [-0.3, -0.25) is 8.89 Å². The average Bonchev–Trinajstić information content (AvgIpc) is 2.93. The molecule has 1 aromatic heterocycles. The van der Waals surface area contributed by atoms with E-state index in [0.717, 1.165) is 4.90 Å². The molecule has 7 heteroatoms. The lowest BCUT2D eigenvalue weighted by Gasteiger charge is -2.01. The lowest BCUT2D eigenvalue weighted by molar-refractivity contribution is 0.0586. The Bertz CT molecular complexity index is 583. The summed E-state index contributed by atoms with van der Waals surface area (Å²) in [6.07, 6.45) is 1.43. The molecule has 0 bridgehead atoms. The first-order chi connectivity index (χ1) is 9.20. The number of ether oxygens (including phenoxy) is 1. The largest absolute Gasteiger partial charge is 0.463 e.